The molecule has 0 radical (unpaired) electrons. The SMILES string of the molecule is CCC(C)CCC(=O)c1ccc(-c2ccc(OC)cc2)cc1. The Kier molecular flexibility index (Phi) is 5.76. The van der Waals surface area contributed by atoms with E-state index in [-0.39, 0.29) is 5.78 Å². The summed E-state index contributed by atoms with van der Waals surface area (Å²) in [7, 11) is 1.66. The number of carbonyl (C=O) groups excluding carboxylic acids is 1. The van der Waals surface area contributed by atoms with Crippen molar-refractivity contribution in [2.45, 2.75) is 33.1 Å². The highest BCUT2D eigenvalue weighted by Crippen LogP contribution is 2.23. The molecular weight excluding hydrogens is 272 g/mol. The molecule has 0 aliphatic rings. The molecule has 2 aromatic carbocycles. The van der Waals surface area contributed by atoms with Crippen molar-refractivity contribution >= 4 is 5.78 Å². The fourth-order valence-corrected chi connectivity index (χ4v) is 2.36. The van der Waals surface area contributed by atoms with Crippen LogP contribution in [0.3, 0.4) is 0 Å². The minimum atomic E-state index is 0.238. The zero-order valence-corrected chi connectivity index (χ0v) is 13.6. The van der Waals surface area contributed by atoms with E-state index >= 15 is 0 Å². The molecule has 2 rings (SSSR count). The van der Waals surface area contributed by atoms with Crippen LogP contribution in [0.2, 0.25) is 0 Å². The molecule has 116 valence electrons. The van der Waals surface area contributed by atoms with Gasteiger partial charge in [0.1, 0.15) is 5.75 Å². The molecule has 0 heterocycles. The van der Waals surface area contributed by atoms with E-state index in [0.717, 1.165) is 35.3 Å². The van der Waals surface area contributed by atoms with Gasteiger partial charge in [-0.2, -0.15) is 0 Å². The molecule has 2 heteroatoms. The lowest BCUT2D eigenvalue weighted by atomic mass is 9.97. The summed E-state index contributed by atoms with van der Waals surface area (Å²) in [5.41, 5.74) is 3.04. The Morgan fingerprint density at radius 1 is 1.00 bits per heavy atom. The minimum Gasteiger partial charge on any atom is -0.497 e. The van der Waals surface area contributed by atoms with Gasteiger partial charge in [-0.15, -0.1) is 0 Å². The molecule has 1 unspecified atom stereocenters. The zero-order chi connectivity index (χ0) is 15.9. The van der Waals surface area contributed by atoms with E-state index in [4.69, 9.17) is 4.74 Å². The second-order valence-electron chi connectivity index (χ2n) is 5.78. The predicted octanol–water partition coefficient (Wildman–Crippen LogP) is 5.37. The van der Waals surface area contributed by atoms with Crippen molar-refractivity contribution in [1.82, 2.24) is 0 Å². The third kappa shape index (κ3) is 4.20. The Morgan fingerprint density at radius 2 is 1.55 bits per heavy atom. The number of benzene rings is 2. The number of carbonyl (C=O) groups is 1. The van der Waals surface area contributed by atoms with Crippen LogP contribution in [0, 0.1) is 5.92 Å². The van der Waals surface area contributed by atoms with Gasteiger partial charge < -0.3 is 4.74 Å². The van der Waals surface area contributed by atoms with E-state index in [1.807, 2.05) is 48.5 Å². The van der Waals surface area contributed by atoms with E-state index in [2.05, 4.69) is 13.8 Å². The van der Waals surface area contributed by atoms with Crippen LogP contribution in [0.1, 0.15) is 43.5 Å². The molecule has 0 saturated heterocycles. The Hall–Kier alpha value is -2.09. The van der Waals surface area contributed by atoms with Crippen molar-refractivity contribution in [1.29, 1.82) is 0 Å². The van der Waals surface area contributed by atoms with Gasteiger partial charge in [-0.1, -0.05) is 56.7 Å². The lowest BCUT2D eigenvalue weighted by Crippen LogP contribution is -2.02. The summed E-state index contributed by atoms with van der Waals surface area (Å²) in [6.45, 7) is 4.36. The first-order valence-corrected chi connectivity index (χ1v) is 7.91. The summed E-state index contributed by atoms with van der Waals surface area (Å²) in [5.74, 6) is 1.70. The van der Waals surface area contributed by atoms with E-state index in [0.29, 0.717) is 12.3 Å². The van der Waals surface area contributed by atoms with Gasteiger partial charge in [-0.3, -0.25) is 4.79 Å². The molecule has 0 aliphatic heterocycles. The van der Waals surface area contributed by atoms with Crippen molar-refractivity contribution in [2.24, 2.45) is 5.92 Å². The van der Waals surface area contributed by atoms with Gasteiger partial charge in [0.25, 0.3) is 0 Å². The number of rotatable bonds is 7. The highest BCUT2D eigenvalue weighted by Gasteiger charge is 2.08. The number of Topliss-reactive ketones (excluding diaryl/α,β-unsaturated/α-hetero) is 1. The number of ether oxygens (including phenoxy) is 1. The van der Waals surface area contributed by atoms with Crippen molar-refractivity contribution in [2.75, 3.05) is 7.11 Å². The minimum absolute atomic E-state index is 0.238. The molecular formula is C20H24O2. The van der Waals surface area contributed by atoms with Crippen LogP contribution < -0.4 is 4.74 Å². The summed E-state index contributed by atoms with van der Waals surface area (Å²) in [6, 6.07) is 15.8. The third-order valence-corrected chi connectivity index (χ3v) is 4.19. The first-order chi connectivity index (χ1) is 10.6. The highest BCUT2D eigenvalue weighted by molar-refractivity contribution is 5.96. The van der Waals surface area contributed by atoms with Gasteiger partial charge >= 0.3 is 0 Å². The van der Waals surface area contributed by atoms with Gasteiger partial charge in [0.15, 0.2) is 5.78 Å². The van der Waals surface area contributed by atoms with E-state index in [1.54, 1.807) is 7.11 Å². The molecule has 0 bridgehead atoms. The smallest absolute Gasteiger partial charge is 0.162 e. The Balaban J connectivity index is 2.04. The maximum Gasteiger partial charge on any atom is 0.162 e. The molecule has 2 aromatic rings. The zero-order valence-electron chi connectivity index (χ0n) is 13.6. The van der Waals surface area contributed by atoms with Crippen molar-refractivity contribution in [3.8, 4) is 16.9 Å². The van der Waals surface area contributed by atoms with Crippen LogP contribution in [-0.4, -0.2) is 12.9 Å². The van der Waals surface area contributed by atoms with Gasteiger partial charge in [0.05, 0.1) is 7.11 Å². The average Bonchev–Trinajstić information content (AvgIpc) is 2.59. The van der Waals surface area contributed by atoms with Gasteiger partial charge in [-0.25, -0.2) is 0 Å². The number of methoxy groups -OCH3 is 1. The van der Waals surface area contributed by atoms with Crippen molar-refractivity contribution < 1.29 is 9.53 Å². The molecule has 2 nitrogen and oxygen atoms in total. The topological polar surface area (TPSA) is 26.3 Å². The second kappa shape index (κ2) is 7.79. The van der Waals surface area contributed by atoms with Crippen molar-refractivity contribution in [3.05, 3.63) is 54.1 Å². The first-order valence-electron chi connectivity index (χ1n) is 7.91. The lowest BCUT2D eigenvalue weighted by Gasteiger charge is -2.08. The van der Waals surface area contributed by atoms with Crippen LogP contribution >= 0.6 is 0 Å². The number of hydrogen-bond acceptors (Lipinski definition) is 2. The van der Waals surface area contributed by atoms with Crippen LogP contribution in [-0.2, 0) is 0 Å². The Bertz CT molecular complexity index is 597. The maximum atomic E-state index is 12.2. The van der Waals surface area contributed by atoms with Crippen molar-refractivity contribution in [3.63, 3.8) is 0 Å². The molecule has 0 saturated carbocycles. The van der Waals surface area contributed by atoms with Crippen LogP contribution in [0.5, 0.6) is 5.75 Å². The summed E-state index contributed by atoms with van der Waals surface area (Å²) in [6.07, 6.45) is 2.73. The van der Waals surface area contributed by atoms with Gasteiger partial charge in [0, 0.05) is 12.0 Å². The molecule has 22 heavy (non-hydrogen) atoms. The summed E-state index contributed by atoms with van der Waals surface area (Å²) in [5, 5.41) is 0. The highest BCUT2D eigenvalue weighted by atomic mass is 16.5. The normalized spacial score (nSPS) is 12.0. The van der Waals surface area contributed by atoms with Crippen LogP contribution in [0.25, 0.3) is 11.1 Å². The Morgan fingerprint density at radius 3 is 2.05 bits per heavy atom. The second-order valence-corrected chi connectivity index (χ2v) is 5.78. The van der Waals surface area contributed by atoms with Crippen LogP contribution in [0.4, 0.5) is 0 Å². The molecule has 0 aliphatic carbocycles. The molecule has 0 fully saturated rings. The summed E-state index contributed by atoms with van der Waals surface area (Å²) < 4.78 is 5.17. The predicted molar refractivity (Wildman–Crippen MR) is 91.4 cm³/mol. The molecule has 0 spiro atoms. The summed E-state index contributed by atoms with van der Waals surface area (Å²) >= 11 is 0. The van der Waals surface area contributed by atoms with E-state index in [1.165, 1.54) is 0 Å². The molecule has 0 aromatic heterocycles. The standard InChI is InChI=1S/C20H24O2/c1-4-15(2)5-14-20(21)18-8-6-16(7-9-18)17-10-12-19(22-3)13-11-17/h6-13,15H,4-5,14H2,1-3H3. The average molecular weight is 296 g/mol. The Labute approximate surface area is 133 Å². The molecule has 1 atom stereocenters. The molecule has 0 amide bonds. The molecule has 0 N–H and O–H groups in total. The number of hydrogen-bond donors (Lipinski definition) is 0. The quantitative estimate of drug-likeness (QED) is 0.642. The third-order valence-electron chi connectivity index (χ3n) is 4.19. The van der Waals surface area contributed by atoms with Crippen LogP contribution in [0.15, 0.2) is 48.5 Å². The largest absolute Gasteiger partial charge is 0.497 e. The maximum absolute atomic E-state index is 12.2. The fraction of sp³-hybridized carbons (Fsp3) is 0.350. The first kappa shape index (κ1) is 16.3. The van der Waals surface area contributed by atoms with E-state index in [9.17, 15) is 4.79 Å². The fourth-order valence-electron chi connectivity index (χ4n) is 2.36. The summed E-state index contributed by atoms with van der Waals surface area (Å²) in [4.78, 5) is 12.2. The van der Waals surface area contributed by atoms with Gasteiger partial charge in [0.2, 0.25) is 0 Å². The number of ketones is 1. The van der Waals surface area contributed by atoms with E-state index < -0.39 is 0 Å². The monoisotopic (exact) mass is 296 g/mol. The lowest BCUT2D eigenvalue weighted by molar-refractivity contribution is 0.0974. The van der Waals surface area contributed by atoms with Gasteiger partial charge in [-0.05, 0) is 35.6 Å².